The molecule has 0 aromatic carbocycles. The van der Waals surface area contributed by atoms with E-state index in [1.807, 2.05) is 6.92 Å². The van der Waals surface area contributed by atoms with Gasteiger partial charge < -0.3 is 9.84 Å². The van der Waals surface area contributed by atoms with Crippen LogP contribution in [-0.4, -0.2) is 17.4 Å². The first kappa shape index (κ1) is 9.43. The molecule has 60 valence electrons. The van der Waals surface area contributed by atoms with E-state index in [1.165, 1.54) is 6.92 Å². The van der Waals surface area contributed by atoms with Gasteiger partial charge in [-0.2, -0.15) is 0 Å². The van der Waals surface area contributed by atoms with E-state index in [1.54, 1.807) is 6.92 Å². The zero-order valence-corrected chi connectivity index (χ0v) is 6.63. The number of carbonyl (C=O) groups is 1. The highest BCUT2D eigenvalue weighted by Gasteiger charge is 2.13. The van der Waals surface area contributed by atoms with Crippen LogP contribution in [0.15, 0.2) is 0 Å². The van der Waals surface area contributed by atoms with Gasteiger partial charge in [-0.15, -0.1) is 0 Å². The van der Waals surface area contributed by atoms with Gasteiger partial charge in [-0.1, -0.05) is 13.8 Å². The summed E-state index contributed by atoms with van der Waals surface area (Å²) >= 11 is 0. The van der Waals surface area contributed by atoms with E-state index in [-0.39, 0.29) is 11.9 Å². The number of ether oxygens (including phenoxy) is 1. The average Bonchev–Trinajstić information content (AvgIpc) is 1.85. The van der Waals surface area contributed by atoms with E-state index in [0.29, 0.717) is 0 Å². The van der Waals surface area contributed by atoms with E-state index < -0.39 is 6.29 Å². The molecule has 3 heteroatoms. The highest BCUT2D eigenvalue weighted by atomic mass is 16.6. The quantitative estimate of drug-likeness (QED) is 0.475. The second kappa shape index (κ2) is 4.28. The van der Waals surface area contributed by atoms with E-state index in [4.69, 9.17) is 5.11 Å². The van der Waals surface area contributed by atoms with Gasteiger partial charge >= 0.3 is 5.97 Å². The Morgan fingerprint density at radius 1 is 1.60 bits per heavy atom. The summed E-state index contributed by atoms with van der Waals surface area (Å²) in [6, 6.07) is 0. The van der Waals surface area contributed by atoms with Crippen molar-refractivity contribution in [3.63, 3.8) is 0 Å². The number of rotatable bonds is 3. The molecule has 0 aromatic heterocycles. The Morgan fingerprint density at radius 3 is 2.40 bits per heavy atom. The van der Waals surface area contributed by atoms with Gasteiger partial charge in [0.2, 0.25) is 0 Å². The van der Waals surface area contributed by atoms with Crippen molar-refractivity contribution in [2.24, 2.45) is 5.92 Å². The van der Waals surface area contributed by atoms with Gasteiger partial charge in [-0.3, -0.25) is 4.79 Å². The number of hydrogen-bond acceptors (Lipinski definition) is 3. The van der Waals surface area contributed by atoms with Crippen molar-refractivity contribution in [3.05, 3.63) is 0 Å². The van der Waals surface area contributed by atoms with Crippen LogP contribution in [0.4, 0.5) is 0 Å². The molecule has 0 saturated carbocycles. The standard InChI is InChI=1S/C7H14O3/c1-4-5(2)7(9)10-6(3)8/h5-6,8H,4H2,1-3H3. The van der Waals surface area contributed by atoms with E-state index >= 15 is 0 Å². The molecule has 0 aliphatic carbocycles. The van der Waals surface area contributed by atoms with Crippen LogP contribution in [0.2, 0.25) is 0 Å². The lowest BCUT2D eigenvalue weighted by atomic mass is 10.1. The molecule has 0 aliphatic rings. The molecular weight excluding hydrogens is 132 g/mol. The molecule has 0 radical (unpaired) electrons. The maximum atomic E-state index is 10.8. The molecule has 0 bridgehead atoms. The van der Waals surface area contributed by atoms with Crippen LogP contribution in [0, 0.1) is 5.92 Å². The first-order valence-electron chi connectivity index (χ1n) is 3.46. The van der Waals surface area contributed by atoms with Gasteiger partial charge in [0.15, 0.2) is 6.29 Å². The van der Waals surface area contributed by atoms with Crippen LogP contribution in [0.5, 0.6) is 0 Å². The lowest BCUT2D eigenvalue weighted by molar-refractivity contribution is -0.169. The van der Waals surface area contributed by atoms with Crippen LogP contribution in [-0.2, 0) is 9.53 Å². The second-order valence-corrected chi connectivity index (χ2v) is 2.35. The fraction of sp³-hybridized carbons (Fsp3) is 0.857. The van der Waals surface area contributed by atoms with E-state index in [0.717, 1.165) is 6.42 Å². The Morgan fingerprint density at radius 2 is 2.10 bits per heavy atom. The minimum absolute atomic E-state index is 0.116. The topological polar surface area (TPSA) is 46.5 Å². The Hall–Kier alpha value is -0.570. The lowest BCUT2D eigenvalue weighted by Gasteiger charge is -2.10. The molecule has 3 nitrogen and oxygen atoms in total. The average molecular weight is 146 g/mol. The van der Waals surface area contributed by atoms with Crippen molar-refractivity contribution in [1.29, 1.82) is 0 Å². The summed E-state index contributed by atoms with van der Waals surface area (Å²) in [4.78, 5) is 10.8. The molecule has 0 fully saturated rings. The van der Waals surface area contributed by atoms with Crippen molar-refractivity contribution < 1.29 is 14.6 Å². The zero-order chi connectivity index (χ0) is 8.15. The molecule has 0 aliphatic heterocycles. The summed E-state index contributed by atoms with van der Waals surface area (Å²) < 4.78 is 4.52. The minimum Gasteiger partial charge on any atom is -0.436 e. The summed E-state index contributed by atoms with van der Waals surface area (Å²) in [5.74, 6) is -0.452. The van der Waals surface area contributed by atoms with Crippen LogP contribution in [0.25, 0.3) is 0 Å². The molecule has 0 spiro atoms. The summed E-state index contributed by atoms with van der Waals surface area (Å²) in [6.45, 7) is 5.08. The molecule has 0 heterocycles. The molecule has 0 rings (SSSR count). The molecule has 0 saturated heterocycles. The van der Waals surface area contributed by atoms with Crippen LogP contribution in [0.3, 0.4) is 0 Å². The Balaban J connectivity index is 3.62. The minimum atomic E-state index is -0.985. The summed E-state index contributed by atoms with van der Waals surface area (Å²) in [6.07, 6.45) is -0.243. The smallest absolute Gasteiger partial charge is 0.310 e. The SMILES string of the molecule is CCC(C)C(=O)OC(C)O. The third-order valence-corrected chi connectivity index (χ3v) is 1.30. The predicted octanol–water partition coefficient (Wildman–Crippen LogP) is 0.914. The van der Waals surface area contributed by atoms with Gasteiger partial charge in [0, 0.05) is 0 Å². The summed E-state index contributed by atoms with van der Waals surface area (Å²) in [5.41, 5.74) is 0. The Labute approximate surface area is 61.0 Å². The zero-order valence-electron chi connectivity index (χ0n) is 6.63. The molecule has 1 N–H and O–H groups in total. The molecule has 0 aromatic rings. The fourth-order valence-electron chi connectivity index (χ4n) is 0.451. The highest BCUT2D eigenvalue weighted by Crippen LogP contribution is 2.03. The number of hydrogen-bond donors (Lipinski definition) is 1. The van der Waals surface area contributed by atoms with Crippen molar-refractivity contribution in [1.82, 2.24) is 0 Å². The van der Waals surface area contributed by atoms with Crippen molar-refractivity contribution >= 4 is 5.97 Å². The van der Waals surface area contributed by atoms with E-state index in [9.17, 15) is 4.79 Å². The maximum Gasteiger partial charge on any atom is 0.310 e. The number of esters is 1. The second-order valence-electron chi connectivity index (χ2n) is 2.35. The van der Waals surface area contributed by atoms with Gasteiger partial charge in [0.1, 0.15) is 0 Å². The Bertz CT molecular complexity index is 109. The summed E-state index contributed by atoms with van der Waals surface area (Å²) in [7, 11) is 0. The summed E-state index contributed by atoms with van der Waals surface area (Å²) in [5, 5.41) is 8.62. The van der Waals surface area contributed by atoms with Crippen molar-refractivity contribution in [2.75, 3.05) is 0 Å². The van der Waals surface area contributed by atoms with Crippen LogP contribution >= 0.6 is 0 Å². The molecule has 2 unspecified atom stereocenters. The third kappa shape index (κ3) is 3.45. The van der Waals surface area contributed by atoms with E-state index in [2.05, 4.69) is 4.74 Å². The van der Waals surface area contributed by atoms with Gasteiger partial charge in [-0.25, -0.2) is 0 Å². The molecular formula is C7H14O3. The normalized spacial score (nSPS) is 16.0. The van der Waals surface area contributed by atoms with Crippen LogP contribution < -0.4 is 0 Å². The fourth-order valence-corrected chi connectivity index (χ4v) is 0.451. The largest absolute Gasteiger partial charge is 0.436 e. The van der Waals surface area contributed by atoms with Gasteiger partial charge in [-0.05, 0) is 13.3 Å². The first-order chi connectivity index (χ1) is 4.57. The predicted molar refractivity (Wildman–Crippen MR) is 37.2 cm³/mol. The highest BCUT2D eigenvalue weighted by molar-refractivity contribution is 5.71. The van der Waals surface area contributed by atoms with Crippen LogP contribution in [0.1, 0.15) is 27.2 Å². The molecule has 0 amide bonds. The van der Waals surface area contributed by atoms with Crippen molar-refractivity contribution in [3.8, 4) is 0 Å². The Kier molecular flexibility index (Phi) is 4.03. The van der Waals surface area contributed by atoms with Crippen molar-refractivity contribution in [2.45, 2.75) is 33.5 Å². The number of aliphatic hydroxyl groups excluding tert-OH is 1. The molecule has 2 atom stereocenters. The lowest BCUT2D eigenvalue weighted by Crippen LogP contribution is -2.19. The van der Waals surface area contributed by atoms with Gasteiger partial charge in [0.05, 0.1) is 5.92 Å². The molecule has 10 heavy (non-hydrogen) atoms. The number of aliphatic hydroxyl groups is 1. The maximum absolute atomic E-state index is 10.8. The van der Waals surface area contributed by atoms with Gasteiger partial charge in [0.25, 0.3) is 0 Å². The monoisotopic (exact) mass is 146 g/mol. The third-order valence-electron chi connectivity index (χ3n) is 1.30. The number of carbonyl (C=O) groups excluding carboxylic acids is 1. The first-order valence-corrected chi connectivity index (χ1v) is 3.46.